The monoisotopic (exact) mass is 588 g/mol. The van der Waals surface area contributed by atoms with E-state index in [-0.39, 0.29) is 18.4 Å². The number of halogens is 10. The highest BCUT2D eigenvalue weighted by molar-refractivity contribution is 8.23. The maximum atomic E-state index is 13.4. The minimum Gasteiger partial charge on any atom is -0.465 e. The van der Waals surface area contributed by atoms with Crippen LogP contribution in [0.4, 0.5) is 55.3 Å². The van der Waals surface area contributed by atoms with E-state index in [1.807, 2.05) is 0 Å². The maximum Gasteiger partial charge on any atom is 0.319 e. The number of anilines is 2. The van der Waals surface area contributed by atoms with Gasteiger partial charge in [0.1, 0.15) is 16.6 Å². The fourth-order valence-corrected chi connectivity index (χ4v) is 3.14. The third-order valence-corrected chi connectivity index (χ3v) is 5.01. The van der Waals surface area contributed by atoms with Crippen molar-refractivity contribution in [1.29, 1.82) is 0 Å². The van der Waals surface area contributed by atoms with Gasteiger partial charge < -0.3 is 10.2 Å². The molecule has 18 heteroatoms. The number of rotatable bonds is 6. The zero-order valence-electron chi connectivity index (χ0n) is 17.8. The van der Waals surface area contributed by atoms with Gasteiger partial charge in [0.2, 0.25) is 11.6 Å². The Labute approximate surface area is 212 Å². The molecule has 0 saturated carbocycles. The van der Waals surface area contributed by atoms with Gasteiger partial charge in [-0.15, -0.1) is 0 Å². The van der Waals surface area contributed by atoms with Crippen molar-refractivity contribution in [3.05, 3.63) is 58.2 Å². The molecule has 0 saturated heterocycles. The van der Waals surface area contributed by atoms with Gasteiger partial charge in [0.25, 0.3) is 0 Å². The number of nitrogen functional groups attached to an aromatic ring is 1. The van der Waals surface area contributed by atoms with E-state index in [1.165, 1.54) is 12.3 Å². The molecule has 1 atom stereocenters. The van der Waals surface area contributed by atoms with Crippen molar-refractivity contribution in [2.75, 3.05) is 17.5 Å². The maximum absolute atomic E-state index is 13.4. The highest BCUT2D eigenvalue weighted by Crippen LogP contribution is 2.27. The van der Waals surface area contributed by atoms with Crippen molar-refractivity contribution < 1.29 is 53.4 Å². The molecule has 208 valence electrons. The Morgan fingerprint density at radius 2 is 1.16 bits per heavy atom. The highest BCUT2D eigenvalue weighted by Gasteiger charge is 2.27. The molecule has 37 heavy (non-hydrogen) atoms. The number of ether oxygens (including phenoxy) is 1. The molecular weight excluding hydrogens is 570 g/mol. The van der Waals surface area contributed by atoms with Crippen LogP contribution in [0.25, 0.3) is 0 Å². The van der Waals surface area contributed by atoms with E-state index in [2.05, 4.69) is 11.3 Å². The molecule has 0 bridgehead atoms. The minimum absolute atomic E-state index is 0. The fraction of sp³-hybridized carbons (Fsp3) is 0.263. The Hall–Kier alpha value is -2.99. The number of thiocarbonyl (C=S) groups is 1. The number of hydrogen-bond acceptors (Lipinski definition) is 7. The molecule has 0 amide bonds. The summed E-state index contributed by atoms with van der Waals surface area (Å²) in [5.74, 6) is -16.8. The lowest BCUT2D eigenvalue weighted by Crippen LogP contribution is -2.30. The summed E-state index contributed by atoms with van der Waals surface area (Å²) < 4.78 is 132. The Kier molecular flexibility index (Phi) is 13.5. The summed E-state index contributed by atoms with van der Waals surface area (Å²) >= 11 is 5.55. The fourth-order valence-electron chi connectivity index (χ4n) is 2.06. The second kappa shape index (κ2) is 14.7. The molecule has 0 spiro atoms. The number of nitrogens with two attached hydrogens (primary N) is 1. The lowest BCUT2D eigenvalue weighted by Gasteiger charge is -2.15. The standard InChI is InChI=1S/C12H11F5N2O2S2.C6H3F5N2.CH4/c1-3-21-11(20)4(2)23-12(22)19-18-10-8(16)6(14)5(13)7(15)9(10)17;7-1-2(8)4(10)6(13-12)5(11)3(1)9;/h4,18H,3H2,1-2H3,(H,19,22);13H,12H2;1H4. The summed E-state index contributed by atoms with van der Waals surface area (Å²) in [5.41, 5.74) is 2.73. The first-order valence-electron chi connectivity index (χ1n) is 9.09. The lowest BCUT2D eigenvalue weighted by atomic mass is 10.2. The van der Waals surface area contributed by atoms with Crippen LogP contribution < -0.4 is 22.1 Å². The average Bonchev–Trinajstić information content (AvgIpc) is 2.84. The van der Waals surface area contributed by atoms with Crippen LogP contribution in [0.15, 0.2) is 0 Å². The predicted octanol–water partition coefficient (Wildman–Crippen LogP) is 5.57. The van der Waals surface area contributed by atoms with Crippen LogP contribution in [0.5, 0.6) is 0 Å². The van der Waals surface area contributed by atoms with Gasteiger partial charge in [-0.2, -0.15) is 0 Å². The van der Waals surface area contributed by atoms with Crippen molar-refractivity contribution in [2.24, 2.45) is 5.84 Å². The van der Waals surface area contributed by atoms with Gasteiger partial charge in [0.15, 0.2) is 50.9 Å². The number of carbonyl (C=O) groups excluding carboxylic acids is 1. The first kappa shape index (κ1) is 34.0. The summed E-state index contributed by atoms with van der Waals surface area (Å²) in [6.45, 7) is 3.23. The molecule has 0 radical (unpaired) electrons. The van der Waals surface area contributed by atoms with Crippen LogP contribution in [0.1, 0.15) is 21.3 Å². The zero-order chi connectivity index (χ0) is 27.9. The number of benzene rings is 2. The van der Waals surface area contributed by atoms with E-state index in [0.29, 0.717) is 0 Å². The van der Waals surface area contributed by atoms with Gasteiger partial charge in [-0.3, -0.25) is 21.5 Å². The molecule has 1 unspecified atom stereocenters. The molecule has 0 fully saturated rings. The van der Waals surface area contributed by atoms with Gasteiger partial charge in [0.05, 0.1) is 6.61 Å². The van der Waals surface area contributed by atoms with Gasteiger partial charge in [-0.05, 0) is 13.8 Å². The van der Waals surface area contributed by atoms with E-state index in [1.54, 1.807) is 12.3 Å². The first-order valence-corrected chi connectivity index (χ1v) is 10.4. The van der Waals surface area contributed by atoms with Crippen LogP contribution in [-0.4, -0.2) is 22.1 Å². The Bertz CT molecular complexity index is 1100. The van der Waals surface area contributed by atoms with E-state index in [0.717, 1.165) is 11.8 Å². The molecule has 2 aromatic rings. The smallest absolute Gasteiger partial charge is 0.319 e. The van der Waals surface area contributed by atoms with E-state index in [4.69, 9.17) is 17.0 Å². The number of carbonyl (C=O) groups is 1. The SMILES string of the molecule is C.CCOC(=O)C(C)SC(=S)NNc1c(F)c(F)c(F)c(F)c1F.NNc1c(F)c(F)c(F)c(F)c1F. The van der Waals surface area contributed by atoms with Crippen molar-refractivity contribution in [3.63, 3.8) is 0 Å². The number of hydrogen-bond donors (Lipinski definition) is 4. The molecule has 5 N–H and O–H groups in total. The van der Waals surface area contributed by atoms with Crippen molar-refractivity contribution >= 4 is 45.6 Å². The molecule has 0 aliphatic carbocycles. The quantitative estimate of drug-likeness (QED) is 0.0663. The van der Waals surface area contributed by atoms with Crippen LogP contribution in [-0.2, 0) is 9.53 Å². The minimum atomic E-state index is -2.27. The molecular formula is C19H18F10N4O2S2. The first-order chi connectivity index (χ1) is 16.7. The lowest BCUT2D eigenvalue weighted by molar-refractivity contribution is -0.142. The van der Waals surface area contributed by atoms with E-state index < -0.39 is 80.8 Å². The van der Waals surface area contributed by atoms with E-state index >= 15 is 0 Å². The Morgan fingerprint density at radius 1 is 0.811 bits per heavy atom. The van der Waals surface area contributed by atoms with Gasteiger partial charge in [-0.1, -0.05) is 31.4 Å². The second-order valence-electron chi connectivity index (χ2n) is 6.08. The predicted molar refractivity (Wildman–Crippen MR) is 120 cm³/mol. The van der Waals surface area contributed by atoms with Crippen LogP contribution in [0, 0.1) is 58.2 Å². The summed E-state index contributed by atoms with van der Waals surface area (Å²) in [7, 11) is 0. The third-order valence-electron chi connectivity index (χ3n) is 3.76. The molecule has 0 aliphatic heterocycles. The van der Waals surface area contributed by atoms with Gasteiger partial charge in [-0.25, -0.2) is 43.9 Å². The number of hydrazine groups is 2. The molecule has 2 aromatic carbocycles. The normalized spacial score (nSPS) is 10.9. The number of thioether (sulfide) groups is 1. The zero-order valence-corrected chi connectivity index (χ0v) is 19.4. The summed E-state index contributed by atoms with van der Waals surface area (Å²) in [6, 6.07) is 0. The molecule has 0 aromatic heterocycles. The van der Waals surface area contributed by atoms with Crippen molar-refractivity contribution in [1.82, 2.24) is 5.43 Å². The number of esters is 1. The van der Waals surface area contributed by atoms with Gasteiger partial charge >= 0.3 is 5.97 Å². The topological polar surface area (TPSA) is 88.4 Å². The third kappa shape index (κ3) is 8.00. The Balaban J connectivity index is 0.000000786. The molecule has 0 heterocycles. The molecule has 0 aliphatic rings. The van der Waals surface area contributed by atoms with Crippen molar-refractivity contribution in [3.8, 4) is 0 Å². The highest BCUT2D eigenvalue weighted by atomic mass is 32.2. The van der Waals surface area contributed by atoms with Crippen LogP contribution >= 0.6 is 24.0 Å². The van der Waals surface area contributed by atoms with Crippen LogP contribution in [0.2, 0.25) is 0 Å². The van der Waals surface area contributed by atoms with Gasteiger partial charge in [0, 0.05) is 0 Å². The number of nitrogens with one attached hydrogen (secondary N) is 3. The summed E-state index contributed by atoms with van der Waals surface area (Å²) in [5, 5.41) is -0.729. The molecule has 2 rings (SSSR count). The summed E-state index contributed by atoms with van der Waals surface area (Å²) in [4.78, 5) is 11.4. The summed E-state index contributed by atoms with van der Waals surface area (Å²) in [6.07, 6.45) is 0. The average molecular weight is 588 g/mol. The largest absolute Gasteiger partial charge is 0.465 e. The Morgan fingerprint density at radius 3 is 1.51 bits per heavy atom. The van der Waals surface area contributed by atoms with Crippen LogP contribution in [0.3, 0.4) is 0 Å². The molecule has 6 nitrogen and oxygen atoms in total. The van der Waals surface area contributed by atoms with Crippen molar-refractivity contribution in [2.45, 2.75) is 26.5 Å². The second-order valence-corrected chi connectivity index (χ2v) is 8.10. The van der Waals surface area contributed by atoms with E-state index in [9.17, 15) is 48.7 Å².